The number of nitrogens with zero attached hydrogens (tertiary/aromatic N) is 1. The summed E-state index contributed by atoms with van der Waals surface area (Å²) in [6.07, 6.45) is 8.16. The number of carbonyl (C=O) groups is 1. The number of rotatable bonds is 5. The molecule has 0 saturated carbocycles. The number of hydrogen-bond donors (Lipinski definition) is 3. The van der Waals surface area contributed by atoms with E-state index in [1.54, 1.807) is 0 Å². The van der Waals surface area contributed by atoms with Crippen molar-refractivity contribution in [1.29, 1.82) is 0 Å². The largest absolute Gasteiger partial charge is 0.382 e. The van der Waals surface area contributed by atoms with Crippen LogP contribution in [0.3, 0.4) is 0 Å². The second-order valence-corrected chi connectivity index (χ2v) is 5.54. The summed E-state index contributed by atoms with van der Waals surface area (Å²) >= 11 is 0. The predicted octanol–water partition coefficient (Wildman–Crippen LogP) is -0.0942. The van der Waals surface area contributed by atoms with E-state index in [1.165, 1.54) is 0 Å². The predicted molar refractivity (Wildman–Crippen MR) is 90.1 cm³/mol. The average molecular weight is 310 g/mol. The van der Waals surface area contributed by atoms with Crippen molar-refractivity contribution in [2.75, 3.05) is 6.54 Å². The Balaban J connectivity index is 2.02. The van der Waals surface area contributed by atoms with Crippen molar-refractivity contribution in [3.63, 3.8) is 0 Å². The van der Waals surface area contributed by atoms with Gasteiger partial charge >= 0.3 is 0 Å². The zero-order valence-corrected chi connectivity index (χ0v) is 12.7. The van der Waals surface area contributed by atoms with E-state index < -0.39 is 0 Å². The van der Waals surface area contributed by atoms with Gasteiger partial charge in [-0.1, -0.05) is 17.3 Å². The first-order valence-electron chi connectivity index (χ1n) is 7.43. The molecule has 0 radical (unpaired) electrons. The maximum atomic E-state index is 10.7. The minimum Gasteiger partial charge on any atom is -0.382 e. The average Bonchev–Trinajstić information content (AvgIpc) is 2.55. The molecule has 0 aliphatic carbocycles. The third-order valence-electron chi connectivity index (χ3n) is 4.07. The van der Waals surface area contributed by atoms with Gasteiger partial charge in [0.25, 0.3) is 0 Å². The van der Waals surface area contributed by atoms with Crippen LogP contribution < -0.4 is 26.4 Å². The van der Waals surface area contributed by atoms with Crippen LogP contribution in [-0.4, -0.2) is 25.2 Å². The van der Waals surface area contributed by atoms with Gasteiger partial charge in [0.15, 0.2) is 0 Å². The van der Waals surface area contributed by atoms with E-state index in [-0.39, 0.29) is 18.8 Å². The summed E-state index contributed by atoms with van der Waals surface area (Å²) in [6.45, 7) is 2.22. The molecule has 3 N–H and O–H groups in total. The SMILES string of the molecule is CC1=C(c2ccc3c(c2)=CNC(NC=O)C=3)C(CN=O)NC=C1. The van der Waals surface area contributed by atoms with Crippen LogP contribution in [0.2, 0.25) is 0 Å². The zero-order chi connectivity index (χ0) is 16.2. The highest BCUT2D eigenvalue weighted by Crippen LogP contribution is 2.25. The number of carbonyl (C=O) groups excluding carboxylic acids is 1. The lowest BCUT2D eigenvalue weighted by atomic mass is 9.91. The summed E-state index contributed by atoms with van der Waals surface area (Å²) in [4.78, 5) is 21.2. The molecule has 0 fully saturated rings. The molecule has 0 spiro atoms. The Kier molecular flexibility index (Phi) is 4.23. The molecular formula is C17H18N4O2. The molecule has 6 nitrogen and oxygen atoms in total. The number of hydrogen-bond acceptors (Lipinski definition) is 5. The van der Waals surface area contributed by atoms with Crippen LogP contribution in [0.4, 0.5) is 0 Å². The van der Waals surface area contributed by atoms with Gasteiger partial charge in [0, 0.05) is 6.20 Å². The highest BCUT2D eigenvalue weighted by molar-refractivity contribution is 5.76. The molecule has 2 aliphatic rings. The van der Waals surface area contributed by atoms with Gasteiger partial charge < -0.3 is 16.0 Å². The first kappa shape index (κ1) is 15.0. The number of dihydropyridines is 1. The van der Waals surface area contributed by atoms with Gasteiger partial charge in [-0.2, -0.15) is 4.91 Å². The summed E-state index contributed by atoms with van der Waals surface area (Å²) in [5, 5.41) is 14.1. The van der Waals surface area contributed by atoms with Crippen LogP contribution in [0.5, 0.6) is 0 Å². The summed E-state index contributed by atoms with van der Waals surface area (Å²) in [6, 6.07) is 6.02. The first-order valence-corrected chi connectivity index (χ1v) is 7.43. The molecule has 0 aromatic heterocycles. The normalized spacial score (nSPS) is 22.0. The van der Waals surface area contributed by atoms with Gasteiger partial charge in [0.2, 0.25) is 6.41 Å². The van der Waals surface area contributed by atoms with E-state index in [1.807, 2.05) is 43.6 Å². The number of fused-ring (bicyclic) bond motifs is 1. The molecule has 2 aliphatic heterocycles. The van der Waals surface area contributed by atoms with Crippen molar-refractivity contribution >= 4 is 24.3 Å². The maximum absolute atomic E-state index is 10.7. The molecule has 6 heteroatoms. The summed E-state index contributed by atoms with van der Waals surface area (Å²) < 4.78 is 0. The highest BCUT2D eigenvalue weighted by Gasteiger charge is 2.20. The number of benzene rings is 1. The fourth-order valence-corrected chi connectivity index (χ4v) is 2.98. The van der Waals surface area contributed by atoms with E-state index in [2.05, 4.69) is 27.2 Å². The summed E-state index contributed by atoms with van der Waals surface area (Å²) in [5.41, 5.74) is 3.25. The van der Waals surface area contributed by atoms with Gasteiger partial charge in [-0.25, -0.2) is 0 Å². The third kappa shape index (κ3) is 3.01. The highest BCUT2D eigenvalue weighted by atomic mass is 16.3. The van der Waals surface area contributed by atoms with Crippen molar-refractivity contribution in [2.24, 2.45) is 5.18 Å². The van der Waals surface area contributed by atoms with Crippen molar-refractivity contribution in [3.8, 4) is 0 Å². The molecule has 23 heavy (non-hydrogen) atoms. The number of allylic oxidation sites excluding steroid dienone is 2. The van der Waals surface area contributed by atoms with Gasteiger partial charge in [-0.05, 0) is 58.5 Å². The summed E-state index contributed by atoms with van der Waals surface area (Å²) in [7, 11) is 0. The minimum atomic E-state index is -0.196. The van der Waals surface area contributed by atoms with E-state index >= 15 is 0 Å². The van der Waals surface area contributed by atoms with Crippen LogP contribution >= 0.6 is 0 Å². The Bertz CT molecular complexity index is 808. The Morgan fingerprint density at radius 1 is 1.30 bits per heavy atom. The van der Waals surface area contributed by atoms with E-state index in [9.17, 15) is 9.70 Å². The van der Waals surface area contributed by atoms with Crippen LogP contribution in [0.25, 0.3) is 17.8 Å². The fraction of sp³-hybridized carbons (Fsp3) is 0.235. The standard InChI is InChI=1S/C17H18N4O2/c1-11-4-5-18-15(9-21-23)17(11)13-3-2-12-7-16(20-10-22)19-8-14(12)6-13/h2-8,10,15-16,18-19H,9H2,1H3,(H,20,22). The molecule has 2 atom stereocenters. The molecule has 0 bridgehead atoms. The Morgan fingerprint density at radius 2 is 2.17 bits per heavy atom. The lowest BCUT2D eigenvalue weighted by molar-refractivity contribution is -0.109. The van der Waals surface area contributed by atoms with E-state index in [0.717, 1.165) is 27.1 Å². The van der Waals surface area contributed by atoms with Gasteiger partial charge in [0.1, 0.15) is 12.7 Å². The summed E-state index contributed by atoms with van der Waals surface area (Å²) in [5.74, 6) is 0. The lowest BCUT2D eigenvalue weighted by Crippen LogP contribution is -2.45. The van der Waals surface area contributed by atoms with Crippen molar-refractivity contribution < 1.29 is 4.79 Å². The van der Waals surface area contributed by atoms with Crippen LogP contribution in [0, 0.1) is 4.91 Å². The monoisotopic (exact) mass is 310 g/mol. The molecule has 1 aromatic rings. The molecule has 2 unspecified atom stereocenters. The van der Waals surface area contributed by atoms with Gasteiger partial charge in [-0.3, -0.25) is 4.79 Å². The maximum Gasteiger partial charge on any atom is 0.208 e. The van der Waals surface area contributed by atoms with E-state index in [4.69, 9.17) is 0 Å². The van der Waals surface area contributed by atoms with Crippen molar-refractivity contribution in [3.05, 3.63) is 57.0 Å². The molecule has 1 amide bonds. The quantitative estimate of drug-likeness (QED) is 0.524. The molecule has 118 valence electrons. The van der Waals surface area contributed by atoms with Crippen LogP contribution in [0.1, 0.15) is 12.5 Å². The minimum absolute atomic E-state index is 0.111. The van der Waals surface area contributed by atoms with Gasteiger partial charge in [0.05, 0.1) is 6.04 Å². The number of amides is 1. The number of nitrogens with one attached hydrogen (secondary N) is 3. The lowest BCUT2D eigenvalue weighted by Gasteiger charge is -2.24. The molecule has 3 rings (SSSR count). The van der Waals surface area contributed by atoms with Gasteiger partial charge in [-0.15, -0.1) is 0 Å². The third-order valence-corrected chi connectivity index (χ3v) is 4.07. The second-order valence-electron chi connectivity index (χ2n) is 5.54. The van der Waals surface area contributed by atoms with Crippen molar-refractivity contribution in [1.82, 2.24) is 16.0 Å². The second kappa shape index (κ2) is 6.48. The zero-order valence-electron chi connectivity index (χ0n) is 12.7. The smallest absolute Gasteiger partial charge is 0.208 e. The molecule has 1 aromatic carbocycles. The Labute approximate surface area is 133 Å². The van der Waals surface area contributed by atoms with Crippen LogP contribution in [-0.2, 0) is 4.79 Å². The Hall–Kier alpha value is -2.89. The molecule has 2 heterocycles. The fourth-order valence-electron chi connectivity index (χ4n) is 2.98. The topological polar surface area (TPSA) is 82.6 Å². The van der Waals surface area contributed by atoms with Crippen molar-refractivity contribution in [2.45, 2.75) is 19.1 Å². The molecular weight excluding hydrogens is 292 g/mol. The van der Waals surface area contributed by atoms with E-state index in [0.29, 0.717) is 6.41 Å². The van der Waals surface area contributed by atoms with Crippen LogP contribution in [0.15, 0.2) is 41.2 Å². The first-order chi connectivity index (χ1) is 11.2. The molecule has 0 saturated heterocycles. The number of nitroso groups, excluding NO2 is 1. The Morgan fingerprint density at radius 3 is 2.96 bits per heavy atom.